The first-order valence-electron chi connectivity index (χ1n) is 5.52. The summed E-state index contributed by atoms with van der Waals surface area (Å²) >= 11 is 7.46. The van der Waals surface area contributed by atoms with Crippen molar-refractivity contribution in [2.24, 2.45) is 0 Å². The average molecular weight is 282 g/mol. The van der Waals surface area contributed by atoms with Crippen molar-refractivity contribution >= 4 is 29.1 Å². The molecule has 0 aliphatic carbocycles. The quantitative estimate of drug-likeness (QED) is 0.836. The molecule has 2 N–H and O–H groups in total. The highest BCUT2D eigenvalue weighted by molar-refractivity contribution is 7.97. The highest BCUT2D eigenvalue weighted by atomic mass is 35.5. The number of rotatable bonds is 4. The Hall–Kier alpha value is -1.19. The van der Waals surface area contributed by atoms with Gasteiger partial charge in [0.2, 0.25) is 0 Å². The Kier molecular flexibility index (Phi) is 4.50. The molecule has 0 bridgehead atoms. The minimum absolute atomic E-state index is 0.208. The Balaban J connectivity index is 1.92. The molecule has 0 radical (unpaired) electrons. The zero-order chi connectivity index (χ0) is 13.0. The van der Waals surface area contributed by atoms with Gasteiger partial charge in [-0.05, 0) is 29.3 Å². The number of nitrogens with two attached hydrogens (primary N) is 1. The molecule has 0 aliphatic heterocycles. The summed E-state index contributed by atoms with van der Waals surface area (Å²) in [6.07, 6.45) is 0. The lowest BCUT2D eigenvalue weighted by Gasteiger charge is -2.05. The lowest BCUT2D eigenvalue weighted by molar-refractivity contribution is 0.622. The summed E-state index contributed by atoms with van der Waals surface area (Å²) in [5.74, 6) is 1.13. The van der Waals surface area contributed by atoms with Crippen molar-refractivity contribution in [3.05, 3.63) is 64.4 Å². The summed E-state index contributed by atoms with van der Waals surface area (Å²) in [5, 5.41) is 0.727. The van der Waals surface area contributed by atoms with Crippen molar-refractivity contribution in [3.63, 3.8) is 0 Å². The fourth-order valence-electron chi connectivity index (χ4n) is 1.57. The third kappa shape index (κ3) is 3.40. The van der Waals surface area contributed by atoms with E-state index in [0.717, 1.165) is 10.8 Å². The molecule has 0 fully saturated rings. The second kappa shape index (κ2) is 6.12. The van der Waals surface area contributed by atoms with Gasteiger partial charge in [-0.1, -0.05) is 35.9 Å². The van der Waals surface area contributed by atoms with Gasteiger partial charge in [-0.2, -0.15) is 11.8 Å². The Bertz CT molecular complexity index is 528. The Morgan fingerprint density at radius 1 is 1.06 bits per heavy atom. The van der Waals surface area contributed by atoms with Crippen LogP contribution in [0, 0.1) is 5.82 Å². The van der Waals surface area contributed by atoms with E-state index in [-0.39, 0.29) is 11.5 Å². The molecular formula is C14H13ClFNS. The Labute approximate surface area is 115 Å². The highest BCUT2D eigenvalue weighted by Crippen LogP contribution is 2.23. The van der Waals surface area contributed by atoms with Gasteiger partial charge in [-0.25, -0.2) is 4.39 Å². The van der Waals surface area contributed by atoms with Crippen LogP contribution in [0.2, 0.25) is 5.02 Å². The number of thioether (sulfide) groups is 1. The fourth-order valence-corrected chi connectivity index (χ4v) is 2.67. The molecule has 2 aromatic rings. The van der Waals surface area contributed by atoms with Gasteiger partial charge in [0, 0.05) is 16.5 Å². The van der Waals surface area contributed by atoms with E-state index < -0.39 is 0 Å². The molecule has 0 saturated heterocycles. The fraction of sp³-hybridized carbons (Fsp3) is 0.143. The largest absolute Gasteiger partial charge is 0.396 e. The topological polar surface area (TPSA) is 26.0 Å². The zero-order valence-electron chi connectivity index (χ0n) is 9.70. The molecule has 0 aromatic heterocycles. The van der Waals surface area contributed by atoms with Gasteiger partial charge in [0.15, 0.2) is 0 Å². The van der Waals surface area contributed by atoms with E-state index in [0.29, 0.717) is 11.3 Å². The second-order valence-electron chi connectivity index (χ2n) is 3.94. The molecule has 2 rings (SSSR count). The average Bonchev–Trinajstić information content (AvgIpc) is 2.37. The van der Waals surface area contributed by atoms with Crippen molar-refractivity contribution in [1.82, 2.24) is 0 Å². The lowest BCUT2D eigenvalue weighted by Crippen LogP contribution is -1.95. The monoisotopic (exact) mass is 281 g/mol. The van der Waals surface area contributed by atoms with Crippen molar-refractivity contribution in [2.45, 2.75) is 11.5 Å². The first kappa shape index (κ1) is 13.2. The summed E-state index contributed by atoms with van der Waals surface area (Å²) in [6, 6.07) is 12.8. The van der Waals surface area contributed by atoms with Gasteiger partial charge in [-0.3, -0.25) is 0 Å². The number of anilines is 1. The Morgan fingerprint density at radius 2 is 1.78 bits per heavy atom. The predicted molar refractivity (Wildman–Crippen MR) is 77.3 cm³/mol. The van der Waals surface area contributed by atoms with Crippen molar-refractivity contribution < 1.29 is 4.39 Å². The molecule has 0 atom stereocenters. The highest BCUT2D eigenvalue weighted by Gasteiger charge is 2.05. The van der Waals surface area contributed by atoms with Gasteiger partial charge in [-0.15, -0.1) is 0 Å². The van der Waals surface area contributed by atoms with Crippen molar-refractivity contribution in [2.75, 3.05) is 5.73 Å². The van der Waals surface area contributed by atoms with E-state index in [1.807, 2.05) is 24.3 Å². The smallest absolute Gasteiger partial charge is 0.150 e. The van der Waals surface area contributed by atoms with Crippen LogP contribution < -0.4 is 5.73 Å². The van der Waals surface area contributed by atoms with Crippen LogP contribution in [0.25, 0.3) is 0 Å². The third-order valence-corrected chi connectivity index (χ3v) is 3.85. The van der Waals surface area contributed by atoms with E-state index in [1.54, 1.807) is 30.0 Å². The molecule has 0 unspecified atom stereocenters. The minimum atomic E-state index is -0.305. The zero-order valence-corrected chi connectivity index (χ0v) is 11.3. The van der Waals surface area contributed by atoms with E-state index in [2.05, 4.69) is 0 Å². The molecule has 2 aromatic carbocycles. The summed E-state index contributed by atoms with van der Waals surface area (Å²) in [7, 11) is 0. The summed E-state index contributed by atoms with van der Waals surface area (Å²) in [4.78, 5) is 0. The van der Waals surface area contributed by atoms with Crippen LogP contribution in [0.4, 0.5) is 10.1 Å². The minimum Gasteiger partial charge on any atom is -0.396 e. The van der Waals surface area contributed by atoms with Gasteiger partial charge in [0.25, 0.3) is 0 Å². The molecule has 0 aliphatic rings. The maximum absolute atomic E-state index is 13.6. The molecule has 18 heavy (non-hydrogen) atoms. The van der Waals surface area contributed by atoms with E-state index >= 15 is 0 Å². The van der Waals surface area contributed by atoms with Crippen LogP contribution >= 0.6 is 23.4 Å². The number of nitrogen functional groups attached to an aromatic ring is 1. The van der Waals surface area contributed by atoms with Crippen molar-refractivity contribution in [3.8, 4) is 0 Å². The van der Waals surface area contributed by atoms with Gasteiger partial charge in [0.05, 0.1) is 5.69 Å². The standard InChI is InChI=1S/C14H13ClFNS/c15-12-6-4-10(5-7-12)8-18-9-11-2-1-3-13(17)14(11)16/h1-7H,8-9,17H2. The first-order valence-corrected chi connectivity index (χ1v) is 7.05. The predicted octanol–water partition coefficient (Wildman–Crippen LogP) is 4.49. The van der Waals surface area contributed by atoms with Gasteiger partial charge < -0.3 is 5.73 Å². The molecule has 0 heterocycles. The van der Waals surface area contributed by atoms with Crippen LogP contribution in [0.15, 0.2) is 42.5 Å². The van der Waals surface area contributed by atoms with Crippen molar-refractivity contribution in [1.29, 1.82) is 0 Å². The maximum Gasteiger partial charge on any atom is 0.150 e. The van der Waals surface area contributed by atoms with Crippen LogP contribution in [-0.2, 0) is 11.5 Å². The maximum atomic E-state index is 13.6. The molecule has 0 saturated carbocycles. The second-order valence-corrected chi connectivity index (χ2v) is 5.36. The van der Waals surface area contributed by atoms with Crippen LogP contribution in [-0.4, -0.2) is 0 Å². The molecule has 1 nitrogen and oxygen atoms in total. The molecule has 4 heteroatoms. The van der Waals surface area contributed by atoms with Gasteiger partial charge >= 0.3 is 0 Å². The number of hydrogen-bond acceptors (Lipinski definition) is 2. The molecule has 0 spiro atoms. The van der Waals surface area contributed by atoms with Gasteiger partial charge in [0.1, 0.15) is 5.82 Å². The lowest BCUT2D eigenvalue weighted by atomic mass is 10.2. The molecule has 0 amide bonds. The van der Waals surface area contributed by atoms with E-state index in [9.17, 15) is 4.39 Å². The van der Waals surface area contributed by atoms with Crippen LogP contribution in [0.1, 0.15) is 11.1 Å². The molecule has 94 valence electrons. The number of hydrogen-bond donors (Lipinski definition) is 1. The SMILES string of the molecule is Nc1cccc(CSCc2ccc(Cl)cc2)c1F. The number of halogens is 2. The van der Waals surface area contributed by atoms with E-state index in [4.69, 9.17) is 17.3 Å². The third-order valence-electron chi connectivity index (χ3n) is 2.55. The normalized spacial score (nSPS) is 10.6. The van der Waals surface area contributed by atoms with Crippen LogP contribution in [0.3, 0.4) is 0 Å². The summed E-state index contributed by atoms with van der Waals surface area (Å²) in [6.45, 7) is 0. The number of benzene rings is 2. The van der Waals surface area contributed by atoms with E-state index in [1.165, 1.54) is 5.56 Å². The summed E-state index contributed by atoms with van der Waals surface area (Å²) in [5.41, 5.74) is 7.55. The Morgan fingerprint density at radius 3 is 2.50 bits per heavy atom. The van der Waals surface area contributed by atoms with Crippen LogP contribution in [0.5, 0.6) is 0 Å². The molecular weight excluding hydrogens is 269 g/mol. The summed E-state index contributed by atoms with van der Waals surface area (Å²) < 4.78 is 13.6. The first-order chi connectivity index (χ1) is 8.66.